The summed E-state index contributed by atoms with van der Waals surface area (Å²) in [5.74, 6) is 0.204. The molecule has 136 valence electrons. The van der Waals surface area contributed by atoms with Gasteiger partial charge in [0.15, 0.2) is 0 Å². The van der Waals surface area contributed by atoms with Crippen molar-refractivity contribution in [2.24, 2.45) is 0 Å². The van der Waals surface area contributed by atoms with Crippen LogP contribution in [0.3, 0.4) is 0 Å². The van der Waals surface area contributed by atoms with Crippen molar-refractivity contribution in [3.63, 3.8) is 0 Å². The number of nitrogens with one attached hydrogen (secondary N) is 1. The predicted octanol–water partition coefficient (Wildman–Crippen LogP) is 2.05. The van der Waals surface area contributed by atoms with Gasteiger partial charge >= 0.3 is 0 Å². The Kier molecular flexibility index (Phi) is 5.40. The molecule has 0 saturated carbocycles. The Hall–Kier alpha value is -2.10. The van der Waals surface area contributed by atoms with Crippen molar-refractivity contribution in [2.75, 3.05) is 25.9 Å². The summed E-state index contributed by atoms with van der Waals surface area (Å²) in [6.45, 7) is 1.77. The second-order valence-corrected chi connectivity index (χ2v) is 9.38. The lowest BCUT2D eigenvalue weighted by Gasteiger charge is -2.14. The van der Waals surface area contributed by atoms with E-state index in [1.807, 2.05) is 0 Å². The van der Waals surface area contributed by atoms with E-state index in [4.69, 9.17) is 4.74 Å². The molecule has 2 rings (SSSR count). The number of methoxy groups -OCH3 is 1. The Bertz CT molecular complexity index is 983. The highest BCUT2D eigenvalue weighted by molar-refractivity contribution is 7.92. The van der Waals surface area contributed by atoms with E-state index in [9.17, 15) is 16.8 Å². The molecule has 9 heteroatoms. The van der Waals surface area contributed by atoms with Crippen molar-refractivity contribution in [3.05, 3.63) is 48.0 Å². The van der Waals surface area contributed by atoms with Gasteiger partial charge in [-0.15, -0.1) is 0 Å². The normalized spacial score (nSPS) is 12.2. The van der Waals surface area contributed by atoms with E-state index in [2.05, 4.69) is 4.72 Å². The molecule has 0 aliphatic heterocycles. The van der Waals surface area contributed by atoms with Crippen LogP contribution in [-0.2, 0) is 20.0 Å². The fourth-order valence-corrected chi connectivity index (χ4v) is 4.39. The summed E-state index contributed by atoms with van der Waals surface area (Å²) in [6, 6.07) is 10.4. The molecule has 0 heterocycles. The van der Waals surface area contributed by atoms with Crippen LogP contribution in [-0.4, -0.2) is 42.3 Å². The van der Waals surface area contributed by atoms with Gasteiger partial charge in [0.05, 0.1) is 17.7 Å². The lowest BCUT2D eigenvalue weighted by atomic mass is 10.2. The van der Waals surface area contributed by atoms with E-state index < -0.39 is 20.0 Å². The van der Waals surface area contributed by atoms with E-state index in [0.29, 0.717) is 0 Å². The Morgan fingerprint density at radius 1 is 1.00 bits per heavy atom. The SMILES string of the molecule is COc1ccc(C)cc1S(=O)(=O)Nc1cccc(S(=O)(=O)N(C)C)c1. The van der Waals surface area contributed by atoms with E-state index in [0.717, 1.165) is 9.87 Å². The fraction of sp³-hybridized carbons (Fsp3) is 0.250. The van der Waals surface area contributed by atoms with Gasteiger partial charge in [0.1, 0.15) is 10.6 Å². The maximum Gasteiger partial charge on any atom is 0.265 e. The van der Waals surface area contributed by atoms with Gasteiger partial charge in [-0.1, -0.05) is 12.1 Å². The molecule has 0 radical (unpaired) electrons. The van der Waals surface area contributed by atoms with E-state index >= 15 is 0 Å². The molecule has 7 nitrogen and oxygen atoms in total. The van der Waals surface area contributed by atoms with Crippen molar-refractivity contribution in [1.82, 2.24) is 4.31 Å². The molecule has 25 heavy (non-hydrogen) atoms. The van der Waals surface area contributed by atoms with E-state index in [-0.39, 0.29) is 21.2 Å². The molecule has 0 aromatic heterocycles. The van der Waals surface area contributed by atoms with Crippen LogP contribution in [0.2, 0.25) is 0 Å². The zero-order valence-corrected chi connectivity index (χ0v) is 16.0. The zero-order chi connectivity index (χ0) is 18.8. The Labute approximate surface area is 148 Å². The van der Waals surface area contributed by atoms with Crippen molar-refractivity contribution < 1.29 is 21.6 Å². The minimum absolute atomic E-state index is 0.00564. The molecule has 0 spiro atoms. The standard InChI is InChI=1S/C16H20N2O5S2/c1-12-8-9-15(23-4)16(10-12)24(19,20)17-13-6-5-7-14(11-13)25(21,22)18(2)3/h5-11,17H,1-4H3. The number of anilines is 1. The van der Waals surface area contributed by atoms with Crippen LogP contribution in [0.25, 0.3) is 0 Å². The van der Waals surface area contributed by atoms with Gasteiger partial charge in [-0.2, -0.15) is 0 Å². The summed E-state index contributed by atoms with van der Waals surface area (Å²) in [7, 11) is -3.41. The van der Waals surface area contributed by atoms with E-state index in [1.165, 1.54) is 51.5 Å². The van der Waals surface area contributed by atoms with Crippen LogP contribution >= 0.6 is 0 Å². The molecular weight excluding hydrogens is 364 g/mol. The highest BCUT2D eigenvalue weighted by Gasteiger charge is 2.22. The number of sulfonamides is 2. The van der Waals surface area contributed by atoms with Crippen LogP contribution in [0.1, 0.15) is 5.56 Å². The maximum atomic E-state index is 12.7. The highest BCUT2D eigenvalue weighted by atomic mass is 32.2. The van der Waals surface area contributed by atoms with Gasteiger partial charge in [-0.3, -0.25) is 4.72 Å². The molecule has 1 N–H and O–H groups in total. The monoisotopic (exact) mass is 384 g/mol. The number of aryl methyl sites for hydroxylation is 1. The Morgan fingerprint density at radius 3 is 2.28 bits per heavy atom. The van der Waals surface area contributed by atoms with Gasteiger partial charge in [-0.25, -0.2) is 21.1 Å². The minimum atomic E-state index is -3.94. The first-order valence-electron chi connectivity index (χ1n) is 7.28. The van der Waals surface area contributed by atoms with Crippen molar-refractivity contribution >= 4 is 25.7 Å². The number of ether oxygens (including phenoxy) is 1. The van der Waals surface area contributed by atoms with Gasteiger partial charge in [-0.05, 0) is 42.8 Å². The highest BCUT2D eigenvalue weighted by Crippen LogP contribution is 2.27. The topological polar surface area (TPSA) is 92.8 Å². The van der Waals surface area contributed by atoms with E-state index in [1.54, 1.807) is 19.1 Å². The Morgan fingerprint density at radius 2 is 1.68 bits per heavy atom. The molecule has 2 aromatic carbocycles. The van der Waals surface area contributed by atoms with Crippen LogP contribution < -0.4 is 9.46 Å². The molecule has 0 aliphatic rings. The number of benzene rings is 2. The Balaban J connectivity index is 2.45. The summed E-state index contributed by atoms with van der Waals surface area (Å²) in [6.07, 6.45) is 0. The molecule has 0 aliphatic carbocycles. The smallest absolute Gasteiger partial charge is 0.265 e. The molecule has 0 saturated heterocycles. The first-order valence-corrected chi connectivity index (χ1v) is 10.2. The molecular formula is C16H20N2O5S2. The maximum absolute atomic E-state index is 12.7. The third kappa shape index (κ3) is 4.12. The third-order valence-corrected chi connectivity index (χ3v) is 6.69. The number of hydrogen-bond donors (Lipinski definition) is 1. The first-order chi connectivity index (χ1) is 11.6. The minimum Gasteiger partial charge on any atom is -0.495 e. The molecule has 0 unspecified atom stereocenters. The lowest BCUT2D eigenvalue weighted by molar-refractivity contribution is 0.402. The lowest BCUT2D eigenvalue weighted by Crippen LogP contribution is -2.22. The molecule has 0 amide bonds. The average Bonchev–Trinajstić information content (AvgIpc) is 2.54. The second kappa shape index (κ2) is 7.03. The van der Waals surface area contributed by atoms with Crippen LogP contribution in [0.5, 0.6) is 5.75 Å². The van der Waals surface area contributed by atoms with Crippen LogP contribution in [0.4, 0.5) is 5.69 Å². The first kappa shape index (κ1) is 19.2. The largest absolute Gasteiger partial charge is 0.495 e. The van der Waals surface area contributed by atoms with Gasteiger partial charge in [0.2, 0.25) is 10.0 Å². The number of nitrogens with zero attached hydrogens (tertiary/aromatic N) is 1. The zero-order valence-electron chi connectivity index (χ0n) is 14.3. The van der Waals surface area contributed by atoms with Crippen molar-refractivity contribution in [2.45, 2.75) is 16.7 Å². The number of hydrogen-bond acceptors (Lipinski definition) is 5. The molecule has 2 aromatic rings. The summed E-state index contributed by atoms with van der Waals surface area (Å²) >= 11 is 0. The van der Waals surface area contributed by atoms with Crippen LogP contribution in [0, 0.1) is 6.92 Å². The summed E-state index contributed by atoms with van der Waals surface area (Å²) < 4.78 is 58.3. The summed E-state index contributed by atoms with van der Waals surface area (Å²) in [5, 5.41) is 0. The second-order valence-electron chi connectivity index (χ2n) is 5.58. The van der Waals surface area contributed by atoms with Crippen molar-refractivity contribution in [1.29, 1.82) is 0 Å². The summed E-state index contributed by atoms with van der Waals surface area (Å²) in [4.78, 5) is -0.0234. The quantitative estimate of drug-likeness (QED) is 0.823. The molecule has 0 atom stereocenters. The van der Waals surface area contributed by atoms with Crippen molar-refractivity contribution in [3.8, 4) is 5.75 Å². The van der Waals surface area contributed by atoms with Crippen LogP contribution in [0.15, 0.2) is 52.3 Å². The van der Waals surface area contributed by atoms with Gasteiger partial charge in [0, 0.05) is 14.1 Å². The summed E-state index contributed by atoms with van der Waals surface area (Å²) in [5.41, 5.74) is 0.900. The average molecular weight is 384 g/mol. The number of rotatable bonds is 6. The van der Waals surface area contributed by atoms with Gasteiger partial charge in [0.25, 0.3) is 10.0 Å². The van der Waals surface area contributed by atoms with Gasteiger partial charge < -0.3 is 4.74 Å². The fourth-order valence-electron chi connectivity index (χ4n) is 2.13. The third-order valence-electron chi connectivity index (χ3n) is 3.47. The predicted molar refractivity (Wildman–Crippen MR) is 95.9 cm³/mol. The molecule has 0 fully saturated rings. The molecule has 0 bridgehead atoms.